The third-order valence-electron chi connectivity index (χ3n) is 2.51. The molecule has 3 N–H and O–H groups in total. The zero-order chi connectivity index (χ0) is 13.7. The van der Waals surface area contributed by atoms with E-state index in [-0.39, 0.29) is 4.90 Å². The van der Waals surface area contributed by atoms with Crippen LogP contribution in [0.4, 0.5) is 5.82 Å². The SMILES string of the molecule is Nc1ccc(S(=O)(=O)NCCCn2ccnc2)cn1. The lowest BCUT2D eigenvalue weighted by Gasteiger charge is -2.07. The van der Waals surface area contributed by atoms with Crippen molar-refractivity contribution < 1.29 is 8.42 Å². The summed E-state index contributed by atoms with van der Waals surface area (Å²) >= 11 is 0. The van der Waals surface area contributed by atoms with Gasteiger partial charge in [0.05, 0.1) is 6.33 Å². The van der Waals surface area contributed by atoms with Gasteiger partial charge in [-0.3, -0.25) is 0 Å². The summed E-state index contributed by atoms with van der Waals surface area (Å²) < 4.78 is 28.2. The minimum atomic E-state index is -3.51. The Bertz CT molecular complexity index is 607. The molecule has 102 valence electrons. The number of hydrogen-bond acceptors (Lipinski definition) is 5. The molecule has 19 heavy (non-hydrogen) atoms. The molecule has 0 spiro atoms. The van der Waals surface area contributed by atoms with Crippen molar-refractivity contribution in [3.8, 4) is 0 Å². The van der Waals surface area contributed by atoms with Crippen LogP contribution in [-0.4, -0.2) is 29.5 Å². The Kier molecular flexibility index (Phi) is 4.13. The summed E-state index contributed by atoms with van der Waals surface area (Å²) in [5.74, 6) is 0.291. The first-order valence-corrected chi connectivity index (χ1v) is 7.23. The number of aromatic nitrogens is 3. The van der Waals surface area contributed by atoms with Crippen molar-refractivity contribution in [2.75, 3.05) is 12.3 Å². The number of pyridine rings is 1. The Morgan fingerprint density at radius 1 is 1.37 bits per heavy atom. The third-order valence-corrected chi connectivity index (χ3v) is 3.96. The first kappa shape index (κ1) is 13.5. The van der Waals surface area contributed by atoms with E-state index in [0.717, 1.165) is 0 Å². The minimum Gasteiger partial charge on any atom is -0.384 e. The molecule has 0 saturated carbocycles. The maximum absolute atomic E-state index is 11.9. The highest BCUT2D eigenvalue weighted by molar-refractivity contribution is 7.89. The van der Waals surface area contributed by atoms with Crippen molar-refractivity contribution in [2.24, 2.45) is 0 Å². The van der Waals surface area contributed by atoms with Crippen LogP contribution in [-0.2, 0) is 16.6 Å². The van der Waals surface area contributed by atoms with Gasteiger partial charge in [0.15, 0.2) is 0 Å². The lowest BCUT2D eigenvalue weighted by atomic mass is 10.4. The third kappa shape index (κ3) is 3.76. The Balaban J connectivity index is 1.86. The van der Waals surface area contributed by atoms with Gasteiger partial charge in [0.25, 0.3) is 0 Å². The number of nitrogens with zero attached hydrogens (tertiary/aromatic N) is 3. The molecular weight excluding hydrogens is 266 g/mol. The van der Waals surface area contributed by atoms with Gasteiger partial charge in [-0.15, -0.1) is 0 Å². The monoisotopic (exact) mass is 281 g/mol. The normalized spacial score (nSPS) is 11.6. The first-order valence-electron chi connectivity index (χ1n) is 5.75. The second-order valence-corrected chi connectivity index (χ2v) is 5.74. The maximum atomic E-state index is 11.9. The van der Waals surface area contributed by atoms with Crippen molar-refractivity contribution in [1.82, 2.24) is 19.3 Å². The zero-order valence-electron chi connectivity index (χ0n) is 10.2. The molecule has 7 nitrogen and oxygen atoms in total. The van der Waals surface area contributed by atoms with Crippen molar-refractivity contribution in [1.29, 1.82) is 0 Å². The number of aryl methyl sites for hydroxylation is 1. The van der Waals surface area contributed by atoms with Crippen LogP contribution < -0.4 is 10.5 Å². The van der Waals surface area contributed by atoms with Crippen LogP contribution in [0.2, 0.25) is 0 Å². The smallest absolute Gasteiger partial charge is 0.242 e. The quantitative estimate of drug-likeness (QED) is 0.738. The van der Waals surface area contributed by atoms with Crippen molar-refractivity contribution in [3.63, 3.8) is 0 Å². The van der Waals surface area contributed by atoms with E-state index in [1.807, 2.05) is 10.8 Å². The predicted octanol–water partition coefficient (Wildman–Crippen LogP) is 0.229. The largest absolute Gasteiger partial charge is 0.384 e. The molecule has 0 bridgehead atoms. The van der Waals surface area contributed by atoms with Crippen LogP contribution in [0.15, 0.2) is 41.9 Å². The highest BCUT2D eigenvalue weighted by Crippen LogP contribution is 2.08. The molecule has 0 aliphatic rings. The molecule has 0 aromatic carbocycles. The fraction of sp³-hybridized carbons (Fsp3) is 0.273. The van der Waals surface area contributed by atoms with E-state index < -0.39 is 10.0 Å². The summed E-state index contributed by atoms with van der Waals surface area (Å²) in [4.78, 5) is 7.79. The molecule has 0 unspecified atom stereocenters. The molecule has 0 radical (unpaired) electrons. The van der Waals surface area contributed by atoms with Gasteiger partial charge in [-0.2, -0.15) is 0 Å². The Labute approximate surface area is 111 Å². The van der Waals surface area contributed by atoms with E-state index in [1.54, 1.807) is 12.5 Å². The van der Waals surface area contributed by atoms with E-state index in [9.17, 15) is 8.42 Å². The Morgan fingerprint density at radius 2 is 2.21 bits per heavy atom. The van der Waals surface area contributed by atoms with Crippen LogP contribution >= 0.6 is 0 Å². The topological polar surface area (TPSA) is 103 Å². The summed E-state index contributed by atoms with van der Waals surface area (Å²) in [7, 11) is -3.51. The molecule has 2 heterocycles. The first-order chi connectivity index (χ1) is 9.08. The van der Waals surface area contributed by atoms with E-state index in [0.29, 0.717) is 25.3 Å². The highest BCUT2D eigenvalue weighted by Gasteiger charge is 2.13. The average molecular weight is 281 g/mol. The molecule has 8 heteroatoms. The average Bonchev–Trinajstić information content (AvgIpc) is 2.88. The van der Waals surface area contributed by atoms with Gasteiger partial charge in [0, 0.05) is 31.7 Å². The summed E-state index contributed by atoms with van der Waals surface area (Å²) in [5.41, 5.74) is 5.41. The molecule has 0 saturated heterocycles. The molecule has 2 aromatic rings. The van der Waals surface area contributed by atoms with Crippen molar-refractivity contribution >= 4 is 15.8 Å². The van der Waals surface area contributed by atoms with Gasteiger partial charge < -0.3 is 10.3 Å². The van der Waals surface area contributed by atoms with Crippen molar-refractivity contribution in [2.45, 2.75) is 17.9 Å². The fourth-order valence-electron chi connectivity index (χ4n) is 1.52. The predicted molar refractivity (Wildman–Crippen MR) is 70.7 cm³/mol. The van der Waals surface area contributed by atoms with Gasteiger partial charge in [-0.1, -0.05) is 0 Å². The molecule has 0 fully saturated rings. The lowest BCUT2D eigenvalue weighted by molar-refractivity contribution is 0.569. The summed E-state index contributed by atoms with van der Waals surface area (Å²) in [5, 5.41) is 0. The maximum Gasteiger partial charge on any atom is 0.242 e. The van der Waals surface area contributed by atoms with Crippen LogP contribution in [0.3, 0.4) is 0 Å². The summed E-state index contributed by atoms with van der Waals surface area (Å²) in [6, 6.07) is 2.89. The highest BCUT2D eigenvalue weighted by atomic mass is 32.2. The Hall–Kier alpha value is -1.93. The van der Waals surface area contributed by atoms with Gasteiger partial charge in [0.1, 0.15) is 10.7 Å². The fourth-order valence-corrected chi connectivity index (χ4v) is 2.54. The van der Waals surface area contributed by atoms with E-state index in [1.165, 1.54) is 18.3 Å². The number of imidazole rings is 1. The summed E-state index contributed by atoms with van der Waals surface area (Å²) in [6.07, 6.45) is 7.13. The standard InChI is InChI=1S/C11H15N5O2S/c12-11-3-2-10(8-14-11)19(17,18)15-4-1-6-16-7-5-13-9-16/h2-3,5,7-9,15H,1,4,6H2,(H2,12,14). The lowest BCUT2D eigenvalue weighted by Crippen LogP contribution is -2.25. The molecule has 0 aliphatic carbocycles. The second kappa shape index (κ2) is 5.81. The number of hydrogen-bond donors (Lipinski definition) is 2. The van der Waals surface area contributed by atoms with E-state index in [4.69, 9.17) is 5.73 Å². The number of nitrogens with one attached hydrogen (secondary N) is 1. The van der Waals surface area contributed by atoms with Crippen LogP contribution in [0.1, 0.15) is 6.42 Å². The van der Waals surface area contributed by atoms with E-state index in [2.05, 4.69) is 14.7 Å². The van der Waals surface area contributed by atoms with Gasteiger partial charge in [-0.25, -0.2) is 23.1 Å². The zero-order valence-corrected chi connectivity index (χ0v) is 11.0. The van der Waals surface area contributed by atoms with Crippen LogP contribution in [0.5, 0.6) is 0 Å². The van der Waals surface area contributed by atoms with Gasteiger partial charge in [-0.05, 0) is 18.6 Å². The van der Waals surface area contributed by atoms with Crippen molar-refractivity contribution in [3.05, 3.63) is 37.1 Å². The molecule has 0 atom stereocenters. The number of anilines is 1. The Morgan fingerprint density at radius 3 is 2.84 bits per heavy atom. The molecule has 2 rings (SSSR count). The molecular formula is C11H15N5O2S. The number of rotatable bonds is 6. The van der Waals surface area contributed by atoms with Gasteiger partial charge in [0.2, 0.25) is 10.0 Å². The summed E-state index contributed by atoms with van der Waals surface area (Å²) in [6.45, 7) is 1.06. The number of nitrogen functional groups attached to an aromatic ring is 1. The molecule has 2 aromatic heterocycles. The molecule has 0 aliphatic heterocycles. The van der Waals surface area contributed by atoms with Crippen LogP contribution in [0.25, 0.3) is 0 Å². The molecule has 0 amide bonds. The van der Waals surface area contributed by atoms with Gasteiger partial charge >= 0.3 is 0 Å². The second-order valence-electron chi connectivity index (χ2n) is 3.97. The number of nitrogens with two attached hydrogens (primary N) is 1. The van der Waals surface area contributed by atoms with Crippen LogP contribution in [0, 0.1) is 0 Å². The van der Waals surface area contributed by atoms with E-state index >= 15 is 0 Å². The minimum absolute atomic E-state index is 0.115. The number of sulfonamides is 1.